The Morgan fingerprint density at radius 3 is 2.50 bits per heavy atom. The lowest BCUT2D eigenvalue weighted by Gasteiger charge is -2.19. The van der Waals surface area contributed by atoms with Gasteiger partial charge in [0.25, 0.3) is 0 Å². The molecule has 0 saturated heterocycles. The second-order valence-electron chi connectivity index (χ2n) is 5.64. The molecule has 0 fully saturated rings. The molecule has 0 aliphatic carbocycles. The quantitative estimate of drug-likeness (QED) is 0.788. The van der Waals surface area contributed by atoms with Crippen molar-refractivity contribution >= 4 is 0 Å². The van der Waals surface area contributed by atoms with Crippen LogP contribution < -0.4 is 10.1 Å². The minimum absolute atomic E-state index is 0.370. The summed E-state index contributed by atoms with van der Waals surface area (Å²) in [5, 5.41) is 3.60. The molecule has 0 heterocycles. The fourth-order valence-electron chi connectivity index (χ4n) is 2.29. The zero-order chi connectivity index (χ0) is 13.5. The van der Waals surface area contributed by atoms with Gasteiger partial charge < -0.3 is 10.1 Å². The topological polar surface area (TPSA) is 21.3 Å². The Morgan fingerprint density at radius 2 is 1.89 bits per heavy atom. The molecule has 0 spiro atoms. The summed E-state index contributed by atoms with van der Waals surface area (Å²) < 4.78 is 5.26. The summed E-state index contributed by atoms with van der Waals surface area (Å²) in [7, 11) is 1.71. The number of rotatable bonds is 7. The second-order valence-corrected chi connectivity index (χ2v) is 5.64. The molecule has 0 bridgehead atoms. The fraction of sp³-hybridized carbons (Fsp3) is 0.625. The third-order valence-electron chi connectivity index (χ3n) is 3.24. The second kappa shape index (κ2) is 7.42. The summed E-state index contributed by atoms with van der Waals surface area (Å²) in [6, 6.07) is 8.65. The van der Waals surface area contributed by atoms with Crippen molar-refractivity contribution in [2.45, 2.75) is 40.2 Å². The van der Waals surface area contributed by atoms with Crippen LogP contribution in [0.25, 0.3) is 0 Å². The third-order valence-corrected chi connectivity index (χ3v) is 3.24. The number of benzene rings is 1. The molecule has 0 aliphatic rings. The predicted molar refractivity (Wildman–Crippen MR) is 78.0 cm³/mol. The van der Waals surface area contributed by atoms with Crippen LogP contribution in [0.3, 0.4) is 0 Å². The number of hydrogen-bond donors (Lipinski definition) is 1. The van der Waals surface area contributed by atoms with E-state index in [1.54, 1.807) is 7.11 Å². The van der Waals surface area contributed by atoms with E-state index in [2.05, 4.69) is 45.1 Å². The van der Waals surface area contributed by atoms with Gasteiger partial charge >= 0.3 is 0 Å². The van der Waals surface area contributed by atoms with Crippen molar-refractivity contribution in [2.75, 3.05) is 13.7 Å². The van der Waals surface area contributed by atoms with Crippen molar-refractivity contribution in [2.24, 2.45) is 11.8 Å². The monoisotopic (exact) mass is 249 g/mol. The summed E-state index contributed by atoms with van der Waals surface area (Å²) >= 11 is 0. The minimum atomic E-state index is 0.370. The molecular formula is C16H27NO. The Bertz CT molecular complexity index is 349. The van der Waals surface area contributed by atoms with Crippen molar-refractivity contribution < 1.29 is 4.74 Å². The molecular weight excluding hydrogens is 222 g/mol. The number of methoxy groups -OCH3 is 1. The van der Waals surface area contributed by atoms with Crippen LogP contribution in [0, 0.1) is 11.8 Å². The number of ether oxygens (including phenoxy) is 1. The van der Waals surface area contributed by atoms with Gasteiger partial charge in [-0.1, -0.05) is 32.9 Å². The molecule has 0 saturated carbocycles. The first-order chi connectivity index (χ1) is 8.52. The van der Waals surface area contributed by atoms with Crippen molar-refractivity contribution in [3.63, 3.8) is 0 Å². The van der Waals surface area contributed by atoms with Gasteiger partial charge in [0.15, 0.2) is 0 Å². The molecule has 2 heteroatoms. The fourth-order valence-corrected chi connectivity index (χ4v) is 2.29. The Labute approximate surface area is 112 Å². The highest BCUT2D eigenvalue weighted by Gasteiger charge is 2.09. The minimum Gasteiger partial charge on any atom is -0.497 e. The van der Waals surface area contributed by atoms with E-state index >= 15 is 0 Å². The van der Waals surface area contributed by atoms with Gasteiger partial charge in [0, 0.05) is 6.04 Å². The van der Waals surface area contributed by atoms with Gasteiger partial charge in [0.2, 0.25) is 0 Å². The molecule has 1 aromatic carbocycles. The van der Waals surface area contributed by atoms with E-state index in [-0.39, 0.29) is 0 Å². The lowest BCUT2D eigenvalue weighted by molar-refractivity contribution is 0.394. The molecule has 2 atom stereocenters. The summed E-state index contributed by atoms with van der Waals surface area (Å²) in [5.41, 5.74) is 1.28. The summed E-state index contributed by atoms with van der Waals surface area (Å²) in [6.45, 7) is 10.1. The Hall–Kier alpha value is -1.02. The summed E-state index contributed by atoms with van der Waals surface area (Å²) in [4.78, 5) is 0. The third kappa shape index (κ3) is 5.09. The Kier molecular flexibility index (Phi) is 6.20. The average Bonchev–Trinajstić information content (AvgIpc) is 2.35. The normalized spacial score (nSPS) is 14.6. The van der Waals surface area contributed by atoms with E-state index in [1.807, 2.05) is 12.1 Å². The molecule has 1 rings (SSSR count). The van der Waals surface area contributed by atoms with E-state index in [0.29, 0.717) is 6.04 Å². The molecule has 1 N–H and O–H groups in total. The lowest BCUT2D eigenvalue weighted by atomic mass is 9.98. The van der Waals surface area contributed by atoms with Gasteiger partial charge in [-0.25, -0.2) is 0 Å². The van der Waals surface area contributed by atoms with Crippen LogP contribution in [0.4, 0.5) is 0 Å². The maximum absolute atomic E-state index is 5.26. The van der Waals surface area contributed by atoms with Crippen LogP contribution in [0.2, 0.25) is 0 Å². The van der Waals surface area contributed by atoms with Crippen molar-refractivity contribution in [3.8, 4) is 5.75 Å². The molecule has 0 radical (unpaired) electrons. The average molecular weight is 249 g/mol. The molecule has 18 heavy (non-hydrogen) atoms. The molecule has 102 valence electrons. The van der Waals surface area contributed by atoms with E-state index in [9.17, 15) is 0 Å². The van der Waals surface area contributed by atoms with E-state index in [1.165, 1.54) is 12.0 Å². The molecule has 0 amide bonds. The Balaban J connectivity index is 2.46. The van der Waals surface area contributed by atoms with Gasteiger partial charge in [-0.2, -0.15) is 0 Å². The van der Waals surface area contributed by atoms with Crippen molar-refractivity contribution in [1.29, 1.82) is 0 Å². The van der Waals surface area contributed by atoms with Crippen molar-refractivity contribution in [1.82, 2.24) is 5.32 Å². The first kappa shape index (κ1) is 15.0. The van der Waals surface area contributed by atoms with Crippen LogP contribution in [-0.2, 0) is 0 Å². The predicted octanol–water partition coefficient (Wildman–Crippen LogP) is 4.03. The van der Waals surface area contributed by atoms with Gasteiger partial charge in [0.1, 0.15) is 5.75 Å². The lowest BCUT2D eigenvalue weighted by Crippen LogP contribution is -2.25. The van der Waals surface area contributed by atoms with Crippen LogP contribution in [0.5, 0.6) is 5.75 Å². The standard InChI is InChI=1S/C16H27NO/c1-12(2)9-13(3)11-17-14(4)15-7-6-8-16(10-15)18-5/h6-8,10,12-14,17H,9,11H2,1-5H3/t13?,14-/m0/s1. The highest BCUT2D eigenvalue weighted by Crippen LogP contribution is 2.19. The van der Waals surface area contributed by atoms with E-state index in [4.69, 9.17) is 4.74 Å². The van der Waals surface area contributed by atoms with Gasteiger partial charge in [-0.05, 0) is 49.4 Å². The maximum Gasteiger partial charge on any atom is 0.119 e. The largest absolute Gasteiger partial charge is 0.497 e. The highest BCUT2D eigenvalue weighted by atomic mass is 16.5. The zero-order valence-electron chi connectivity index (χ0n) is 12.4. The first-order valence-corrected chi connectivity index (χ1v) is 6.90. The Morgan fingerprint density at radius 1 is 1.17 bits per heavy atom. The van der Waals surface area contributed by atoms with Crippen molar-refractivity contribution in [3.05, 3.63) is 29.8 Å². The number of hydrogen-bond acceptors (Lipinski definition) is 2. The smallest absolute Gasteiger partial charge is 0.119 e. The molecule has 0 aliphatic heterocycles. The van der Waals surface area contributed by atoms with E-state index < -0.39 is 0 Å². The zero-order valence-corrected chi connectivity index (χ0v) is 12.4. The molecule has 1 aromatic rings. The van der Waals surface area contributed by atoms with Gasteiger partial charge in [-0.15, -0.1) is 0 Å². The highest BCUT2D eigenvalue weighted by molar-refractivity contribution is 5.30. The summed E-state index contributed by atoms with van der Waals surface area (Å²) in [5.74, 6) is 2.42. The summed E-state index contributed by atoms with van der Waals surface area (Å²) in [6.07, 6.45) is 1.28. The maximum atomic E-state index is 5.26. The number of nitrogens with one attached hydrogen (secondary N) is 1. The van der Waals surface area contributed by atoms with Crippen LogP contribution in [0.1, 0.15) is 45.7 Å². The van der Waals surface area contributed by atoms with Crippen LogP contribution in [0.15, 0.2) is 24.3 Å². The van der Waals surface area contributed by atoms with E-state index in [0.717, 1.165) is 24.1 Å². The molecule has 0 aromatic heterocycles. The first-order valence-electron chi connectivity index (χ1n) is 6.90. The molecule has 2 nitrogen and oxygen atoms in total. The van der Waals surface area contributed by atoms with Crippen LogP contribution >= 0.6 is 0 Å². The van der Waals surface area contributed by atoms with Gasteiger partial charge in [0.05, 0.1) is 7.11 Å². The van der Waals surface area contributed by atoms with Crippen LogP contribution in [-0.4, -0.2) is 13.7 Å². The molecule has 1 unspecified atom stereocenters. The van der Waals surface area contributed by atoms with Gasteiger partial charge in [-0.3, -0.25) is 0 Å². The SMILES string of the molecule is COc1cccc([C@H](C)NCC(C)CC(C)C)c1.